The second-order valence-electron chi connectivity index (χ2n) is 4.65. The third-order valence-corrected chi connectivity index (χ3v) is 3.39. The van der Waals surface area contributed by atoms with Gasteiger partial charge in [0.1, 0.15) is 0 Å². The number of anilines is 1. The van der Waals surface area contributed by atoms with Crippen LogP contribution < -0.4 is 4.90 Å². The molecule has 0 bridgehead atoms. The Bertz CT molecular complexity index is 498. The molecule has 0 unspecified atom stereocenters. The predicted molar refractivity (Wildman–Crippen MR) is 76.6 cm³/mol. The Morgan fingerprint density at radius 2 is 1.64 bits per heavy atom. The third kappa shape index (κ3) is 3.35. The van der Waals surface area contributed by atoms with Gasteiger partial charge in [-0.15, -0.1) is 0 Å². The summed E-state index contributed by atoms with van der Waals surface area (Å²) in [6, 6.07) is 5.08. The lowest BCUT2D eigenvalue weighted by Crippen LogP contribution is -2.50. The monoisotopic (exact) mass is 319 g/mol. The van der Waals surface area contributed by atoms with E-state index >= 15 is 0 Å². The zero-order chi connectivity index (χ0) is 17.0. The SMILES string of the molecule is CCOC(=O)[C@@](O)(c1ccc(N(CC)CC)cc1)C(F)(F)F. The summed E-state index contributed by atoms with van der Waals surface area (Å²) >= 11 is 0. The molecule has 1 atom stereocenters. The second-order valence-corrected chi connectivity index (χ2v) is 4.65. The minimum absolute atomic E-state index is 0.255. The van der Waals surface area contributed by atoms with Crippen molar-refractivity contribution in [3.8, 4) is 0 Å². The molecule has 0 heterocycles. The zero-order valence-corrected chi connectivity index (χ0v) is 12.8. The number of halogens is 3. The van der Waals surface area contributed by atoms with Crippen molar-refractivity contribution < 1.29 is 27.8 Å². The molecule has 0 aromatic heterocycles. The number of benzene rings is 1. The summed E-state index contributed by atoms with van der Waals surface area (Å²) in [6.45, 7) is 6.34. The molecule has 0 aliphatic heterocycles. The van der Waals surface area contributed by atoms with Gasteiger partial charge in [0.05, 0.1) is 6.61 Å². The van der Waals surface area contributed by atoms with Crippen LogP contribution in [0.1, 0.15) is 26.3 Å². The summed E-state index contributed by atoms with van der Waals surface area (Å²) < 4.78 is 44.0. The van der Waals surface area contributed by atoms with Crippen molar-refractivity contribution >= 4 is 11.7 Å². The number of ether oxygens (including phenoxy) is 1. The number of hydrogen-bond donors (Lipinski definition) is 1. The number of aliphatic hydroxyl groups is 1. The first-order valence-electron chi connectivity index (χ1n) is 7.04. The van der Waals surface area contributed by atoms with Crippen LogP contribution in [0.25, 0.3) is 0 Å². The van der Waals surface area contributed by atoms with Crippen LogP contribution in [0, 0.1) is 0 Å². The molecule has 0 amide bonds. The van der Waals surface area contributed by atoms with Crippen LogP contribution >= 0.6 is 0 Å². The summed E-state index contributed by atoms with van der Waals surface area (Å²) in [7, 11) is 0. The van der Waals surface area contributed by atoms with E-state index in [1.54, 1.807) is 0 Å². The highest BCUT2D eigenvalue weighted by molar-refractivity contribution is 5.82. The van der Waals surface area contributed by atoms with Crippen LogP contribution in [-0.4, -0.2) is 36.9 Å². The minimum atomic E-state index is -5.17. The highest BCUT2D eigenvalue weighted by Crippen LogP contribution is 2.40. The van der Waals surface area contributed by atoms with Gasteiger partial charge < -0.3 is 14.7 Å². The van der Waals surface area contributed by atoms with Gasteiger partial charge >= 0.3 is 12.1 Å². The molecule has 4 nitrogen and oxygen atoms in total. The molecule has 124 valence electrons. The fourth-order valence-electron chi connectivity index (χ4n) is 2.13. The van der Waals surface area contributed by atoms with Gasteiger partial charge in [0.2, 0.25) is 0 Å². The van der Waals surface area contributed by atoms with Gasteiger partial charge in [-0.1, -0.05) is 12.1 Å². The van der Waals surface area contributed by atoms with E-state index in [0.29, 0.717) is 18.8 Å². The maximum atomic E-state index is 13.2. The van der Waals surface area contributed by atoms with Crippen molar-refractivity contribution in [1.29, 1.82) is 0 Å². The average molecular weight is 319 g/mol. The van der Waals surface area contributed by atoms with Crippen molar-refractivity contribution in [3.63, 3.8) is 0 Å². The molecule has 1 rings (SSSR count). The standard InChI is InChI=1S/C15H20F3NO3/c1-4-19(5-2)12-9-7-11(8-10-12)14(21,15(16,17)18)13(20)22-6-3/h7-10,21H,4-6H2,1-3H3/t14-/m0/s1. The number of carbonyl (C=O) groups excluding carboxylic acids is 1. The molecule has 0 aliphatic rings. The molecule has 0 aliphatic carbocycles. The fraction of sp³-hybridized carbons (Fsp3) is 0.533. The number of carbonyl (C=O) groups is 1. The van der Waals surface area contributed by atoms with Gasteiger partial charge in [-0.2, -0.15) is 13.2 Å². The second kappa shape index (κ2) is 7.00. The minimum Gasteiger partial charge on any atom is -0.463 e. The lowest BCUT2D eigenvalue weighted by atomic mass is 9.93. The Hall–Kier alpha value is -1.76. The smallest absolute Gasteiger partial charge is 0.432 e. The zero-order valence-electron chi connectivity index (χ0n) is 12.8. The maximum absolute atomic E-state index is 13.2. The fourth-order valence-corrected chi connectivity index (χ4v) is 2.13. The predicted octanol–water partition coefficient (Wildman–Crippen LogP) is 2.85. The van der Waals surface area contributed by atoms with E-state index in [4.69, 9.17) is 0 Å². The van der Waals surface area contributed by atoms with E-state index in [1.807, 2.05) is 18.7 Å². The third-order valence-electron chi connectivity index (χ3n) is 3.39. The number of esters is 1. The molecule has 7 heteroatoms. The first-order valence-corrected chi connectivity index (χ1v) is 7.04. The Kier molecular flexibility index (Phi) is 5.82. The highest BCUT2D eigenvalue weighted by atomic mass is 19.4. The van der Waals surface area contributed by atoms with Crippen molar-refractivity contribution in [1.82, 2.24) is 0 Å². The Labute approximate surface area is 127 Å². The maximum Gasteiger partial charge on any atom is 0.432 e. The molecule has 0 radical (unpaired) electrons. The van der Waals surface area contributed by atoms with Crippen molar-refractivity contribution in [2.45, 2.75) is 32.5 Å². The molecule has 1 aromatic carbocycles. The van der Waals surface area contributed by atoms with Gasteiger partial charge in [0.15, 0.2) is 0 Å². The van der Waals surface area contributed by atoms with E-state index in [0.717, 1.165) is 12.1 Å². The van der Waals surface area contributed by atoms with Gasteiger partial charge in [-0.05, 0) is 32.9 Å². The van der Waals surface area contributed by atoms with Crippen molar-refractivity contribution in [2.75, 3.05) is 24.6 Å². The highest BCUT2D eigenvalue weighted by Gasteiger charge is 2.62. The van der Waals surface area contributed by atoms with Crippen LogP contribution in [0.5, 0.6) is 0 Å². The summed E-state index contributed by atoms with van der Waals surface area (Å²) in [5.41, 5.74) is -3.51. The average Bonchev–Trinajstić information content (AvgIpc) is 2.47. The lowest BCUT2D eigenvalue weighted by Gasteiger charge is -2.29. The molecular formula is C15H20F3NO3. The Balaban J connectivity index is 3.25. The largest absolute Gasteiger partial charge is 0.463 e. The van der Waals surface area contributed by atoms with Crippen LogP contribution in [-0.2, 0) is 15.1 Å². The number of alkyl halides is 3. The first-order chi connectivity index (χ1) is 10.2. The number of hydrogen-bond acceptors (Lipinski definition) is 4. The number of rotatable bonds is 6. The lowest BCUT2D eigenvalue weighted by molar-refractivity contribution is -0.267. The molecule has 0 saturated carbocycles. The van der Waals surface area contributed by atoms with E-state index in [2.05, 4.69) is 4.74 Å². The van der Waals surface area contributed by atoms with Gasteiger partial charge in [0, 0.05) is 24.3 Å². The molecular weight excluding hydrogens is 299 g/mol. The first kappa shape index (κ1) is 18.3. The van der Waals surface area contributed by atoms with Crippen LogP contribution in [0.2, 0.25) is 0 Å². The summed E-state index contributed by atoms with van der Waals surface area (Å²) in [5, 5.41) is 9.95. The topological polar surface area (TPSA) is 49.8 Å². The molecule has 0 spiro atoms. The summed E-state index contributed by atoms with van der Waals surface area (Å²) in [6.07, 6.45) is -5.17. The summed E-state index contributed by atoms with van der Waals surface area (Å²) in [5.74, 6) is -1.72. The van der Waals surface area contributed by atoms with Crippen molar-refractivity contribution in [2.24, 2.45) is 0 Å². The van der Waals surface area contributed by atoms with Gasteiger partial charge in [-0.3, -0.25) is 0 Å². The van der Waals surface area contributed by atoms with E-state index in [-0.39, 0.29) is 6.61 Å². The molecule has 0 fully saturated rings. The molecule has 22 heavy (non-hydrogen) atoms. The van der Waals surface area contributed by atoms with Crippen molar-refractivity contribution in [3.05, 3.63) is 29.8 Å². The van der Waals surface area contributed by atoms with Crippen LogP contribution in [0.3, 0.4) is 0 Å². The van der Waals surface area contributed by atoms with Crippen LogP contribution in [0.15, 0.2) is 24.3 Å². The number of nitrogens with zero attached hydrogens (tertiary/aromatic N) is 1. The quantitative estimate of drug-likeness (QED) is 0.819. The summed E-state index contributed by atoms with van der Waals surface area (Å²) in [4.78, 5) is 13.6. The normalized spacial score (nSPS) is 14.3. The van der Waals surface area contributed by atoms with Gasteiger partial charge in [-0.25, -0.2) is 4.79 Å². The Morgan fingerprint density at radius 1 is 1.14 bits per heavy atom. The Morgan fingerprint density at radius 3 is 2.00 bits per heavy atom. The van der Waals surface area contributed by atoms with Crippen LogP contribution in [0.4, 0.5) is 18.9 Å². The molecule has 0 saturated heterocycles. The molecule has 1 N–H and O–H groups in total. The molecule has 1 aromatic rings. The van der Waals surface area contributed by atoms with E-state index < -0.39 is 23.3 Å². The van der Waals surface area contributed by atoms with E-state index in [9.17, 15) is 23.1 Å². The van der Waals surface area contributed by atoms with Gasteiger partial charge in [0.25, 0.3) is 5.60 Å². The van der Waals surface area contributed by atoms with E-state index in [1.165, 1.54) is 19.1 Å².